The molecule has 3 rings (SSSR count). The second kappa shape index (κ2) is 6.48. The molecule has 1 aliphatic rings. The molecule has 0 bridgehead atoms. The zero-order valence-electron chi connectivity index (χ0n) is 13.1. The zero-order chi connectivity index (χ0) is 16.4. The molecule has 6 heteroatoms. The molecular formula is C17H19F2N3O. The Morgan fingerprint density at radius 1 is 1.17 bits per heavy atom. The molecule has 1 saturated heterocycles. The SMILES string of the molecule is CCc1cc(=O)n(Cc2cc(F)ccc2F)c(N2CCCC2)n1. The first-order valence-electron chi connectivity index (χ1n) is 7.88. The molecular weight excluding hydrogens is 300 g/mol. The van der Waals surface area contributed by atoms with Crippen molar-refractivity contribution in [3.8, 4) is 0 Å². The highest BCUT2D eigenvalue weighted by atomic mass is 19.1. The van der Waals surface area contributed by atoms with Gasteiger partial charge in [0.05, 0.1) is 6.54 Å². The number of rotatable bonds is 4. The second-order valence-corrected chi connectivity index (χ2v) is 5.76. The summed E-state index contributed by atoms with van der Waals surface area (Å²) in [5.74, 6) is -0.490. The number of aromatic nitrogens is 2. The Hall–Kier alpha value is -2.24. The predicted molar refractivity (Wildman–Crippen MR) is 84.8 cm³/mol. The molecule has 0 aliphatic carbocycles. The molecule has 1 aromatic heterocycles. The van der Waals surface area contributed by atoms with Gasteiger partial charge in [0.25, 0.3) is 5.56 Å². The van der Waals surface area contributed by atoms with Gasteiger partial charge in [-0.05, 0) is 37.5 Å². The molecule has 2 heterocycles. The monoisotopic (exact) mass is 319 g/mol. The van der Waals surface area contributed by atoms with Crippen molar-refractivity contribution in [1.29, 1.82) is 0 Å². The van der Waals surface area contributed by atoms with E-state index in [9.17, 15) is 13.6 Å². The number of anilines is 1. The quantitative estimate of drug-likeness (QED) is 0.870. The van der Waals surface area contributed by atoms with Gasteiger partial charge in [-0.1, -0.05) is 6.92 Å². The van der Waals surface area contributed by atoms with Crippen LogP contribution in [0.4, 0.5) is 14.7 Å². The molecule has 0 unspecified atom stereocenters. The lowest BCUT2D eigenvalue weighted by Crippen LogP contribution is -2.32. The lowest BCUT2D eigenvalue weighted by Gasteiger charge is -2.22. The standard InChI is InChI=1S/C17H19F2N3O/c1-2-14-10-16(23)22(17(20-14)21-7-3-4-8-21)11-12-9-13(18)5-6-15(12)19/h5-6,9-10H,2-4,7-8,11H2,1H3. The summed E-state index contributed by atoms with van der Waals surface area (Å²) in [6.45, 7) is 3.56. The predicted octanol–water partition coefficient (Wildman–Crippen LogP) is 2.73. The topological polar surface area (TPSA) is 38.1 Å². The van der Waals surface area contributed by atoms with Crippen LogP contribution in [0.5, 0.6) is 0 Å². The van der Waals surface area contributed by atoms with Crippen LogP contribution in [-0.4, -0.2) is 22.6 Å². The van der Waals surface area contributed by atoms with Gasteiger partial charge in [-0.3, -0.25) is 9.36 Å². The third kappa shape index (κ3) is 3.25. The van der Waals surface area contributed by atoms with Crippen LogP contribution in [0.3, 0.4) is 0 Å². The maximum atomic E-state index is 13.9. The van der Waals surface area contributed by atoms with Crippen molar-refractivity contribution < 1.29 is 8.78 Å². The van der Waals surface area contributed by atoms with Crippen LogP contribution in [0.2, 0.25) is 0 Å². The number of nitrogens with zero attached hydrogens (tertiary/aromatic N) is 3. The van der Waals surface area contributed by atoms with Crippen molar-refractivity contribution in [2.75, 3.05) is 18.0 Å². The van der Waals surface area contributed by atoms with Crippen molar-refractivity contribution in [3.63, 3.8) is 0 Å². The van der Waals surface area contributed by atoms with E-state index in [4.69, 9.17) is 0 Å². The van der Waals surface area contributed by atoms with E-state index in [0.29, 0.717) is 18.1 Å². The van der Waals surface area contributed by atoms with Crippen LogP contribution in [-0.2, 0) is 13.0 Å². The fourth-order valence-corrected chi connectivity index (χ4v) is 2.86. The van der Waals surface area contributed by atoms with Crippen LogP contribution in [0, 0.1) is 11.6 Å². The normalized spacial score (nSPS) is 14.5. The van der Waals surface area contributed by atoms with E-state index in [1.54, 1.807) is 0 Å². The Balaban J connectivity index is 2.06. The summed E-state index contributed by atoms with van der Waals surface area (Å²) in [6.07, 6.45) is 2.74. The largest absolute Gasteiger partial charge is 0.342 e. The van der Waals surface area contributed by atoms with E-state index >= 15 is 0 Å². The number of halogens is 2. The molecule has 4 nitrogen and oxygen atoms in total. The molecule has 2 aromatic rings. The first-order chi connectivity index (χ1) is 11.1. The van der Waals surface area contributed by atoms with Gasteiger partial charge < -0.3 is 4.90 Å². The summed E-state index contributed by atoms with van der Waals surface area (Å²) in [6, 6.07) is 4.75. The molecule has 1 aliphatic heterocycles. The molecule has 1 aromatic carbocycles. The highest BCUT2D eigenvalue weighted by Gasteiger charge is 2.20. The van der Waals surface area contributed by atoms with Gasteiger partial charge in [-0.25, -0.2) is 13.8 Å². The van der Waals surface area contributed by atoms with Crippen molar-refractivity contribution in [3.05, 3.63) is 57.5 Å². The number of aryl methyl sites for hydroxylation is 1. The van der Waals surface area contributed by atoms with Crippen molar-refractivity contribution in [2.45, 2.75) is 32.7 Å². The Morgan fingerprint density at radius 3 is 2.61 bits per heavy atom. The van der Waals surface area contributed by atoms with E-state index in [1.807, 2.05) is 11.8 Å². The Morgan fingerprint density at radius 2 is 1.91 bits per heavy atom. The van der Waals surface area contributed by atoms with Crippen LogP contribution >= 0.6 is 0 Å². The number of hydrogen-bond donors (Lipinski definition) is 0. The van der Waals surface area contributed by atoms with Crippen molar-refractivity contribution >= 4 is 5.95 Å². The smallest absolute Gasteiger partial charge is 0.255 e. The van der Waals surface area contributed by atoms with Gasteiger partial charge in [-0.2, -0.15) is 0 Å². The molecule has 0 saturated carbocycles. The fraction of sp³-hybridized carbons (Fsp3) is 0.412. The van der Waals surface area contributed by atoms with E-state index in [-0.39, 0.29) is 17.7 Å². The maximum Gasteiger partial charge on any atom is 0.255 e. The van der Waals surface area contributed by atoms with Gasteiger partial charge >= 0.3 is 0 Å². The second-order valence-electron chi connectivity index (χ2n) is 5.76. The van der Waals surface area contributed by atoms with E-state index in [1.165, 1.54) is 10.6 Å². The summed E-state index contributed by atoms with van der Waals surface area (Å²) in [5.41, 5.74) is 0.633. The van der Waals surface area contributed by atoms with Crippen LogP contribution < -0.4 is 10.5 Å². The summed E-state index contributed by atoms with van der Waals surface area (Å²) in [4.78, 5) is 19.1. The lowest BCUT2D eigenvalue weighted by atomic mass is 10.2. The van der Waals surface area contributed by atoms with Crippen molar-refractivity contribution in [2.24, 2.45) is 0 Å². The minimum absolute atomic E-state index is 0.0226. The summed E-state index contributed by atoms with van der Waals surface area (Å²) in [5, 5.41) is 0. The summed E-state index contributed by atoms with van der Waals surface area (Å²) in [7, 11) is 0. The van der Waals surface area contributed by atoms with Crippen LogP contribution in [0.1, 0.15) is 31.0 Å². The van der Waals surface area contributed by atoms with Gasteiger partial charge in [-0.15, -0.1) is 0 Å². The number of hydrogen-bond acceptors (Lipinski definition) is 3. The van der Waals surface area contributed by atoms with Crippen molar-refractivity contribution in [1.82, 2.24) is 9.55 Å². The van der Waals surface area contributed by atoms with E-state index in [0.717, 1.165) is 44.1 Å². The molecule has 122 valence electrons. The molecule has 0 N–H and O–H groups in total. The first-order valence-corrected chi connectivity index (χ1v) is 7.88. The minimum Gasteiger partial charge on any atom is -0.342 e. The molecule has 0 radical (unpaired) electrons. The first kappa shape index (κ1) is 15.6. The van der Waals surface area contributed by atoms with E-state index in [2.05, 4.69) is 4.98 Å². The Labute approximate surface area is 133 Å². The molecule has 0 amide bonds. The summed E-state index contributed by atoms with van der Waals surface area (Å²) < 4.78 is 28.7. The lowest BCUT2D eigenvalue weighted by molar-refractivity contribution is 0.571. The summed E-state index contributed by atoms with van der Waals surface area (Å²) >= 11 is 0. The number of benzene rings is 1. The zero-order valence-corrected chi connectivity index (χ0v) is 13.1. The highest BCUT2D eigenvalue weighted by Crippen LogP contribution is 2.19. The molecule has 0 spiro atoms. The fourth-order valence-electron chi connectivity index (χ4n) is 2.86. The Kier molecular flexibility index (Phi) is 4.41. The average molecular weight is 319 g/mol. The molecule has 0 atom stereocenters. The van der Waals surface area contributed by atoms with Crippen LogP contribution in [0.15, 0.2) is 29.1 Å². The van der Waals surface area contributed by atoms with Gasteiger partial charge in [0.15, 0.2) is 0 Å². The molecule has 23 heavy (non-hydrogen) atoms. The third-order valence-corrected chi connectivity index (χ3v) is 4.13. The third-order valence-electron chi connectivity index (χ3n) is 4.13. The maximum absolute atomic E-state index is 13.9. The van der Waals surface area contributed by atoms with Crippen LogP contribution in [0.25, 0.3) is 0 Å². The van der Waals surface area contributed by atoms with Gasteiger partial charge in [0.1, 0.15) is 11.6 Å². The highest BCUT2D eigenvalue weighted by molar-refractivity contribution is 5.35. The minimum atomic E-state index is -0.523. The van der Waals surface area contributed by atoms with E-state index < -0.39 is 11.6 Å². The van der Waals surface area contributed by atoms with Gasteiger partial charge in [0, 0.05) is 30.4 Å². The molecule has 1 fully saturated rings. The van der Waals surface area contributed by atoms with Gasteiger partial charge in [0.2, 0.25) is 5.95 Å². The average Bonchev–Trinajstić information content (AvgIpc) is 3.06. The Bertz CT molecular complexity index is 767.